The fourth-order valence-electron chi connectivity index (χ4n) is 1.71. The van der Waals surface area contributed by atoms with Crippen molar-refractivity contribution in [1.29, 1.82) is 0 Å². The summed E-state index contributed by atoms with van der Waals surface area (Å²) < 4.78 is 15.9. The molecular formula is C14H18BrNO5. The number of hydrogen-bond donors (Lipinski definition) is 0. The van der Waals surface area contributed by atoms with Gasteiger partial charge in [0.2, 0.25) is 5.88 Å². The molecule has 0 aliphatic carbocycles. The fraction of sp³-hybridized carbons (Fsp3) is 0.500. The molecule has 1 aromatic heterocycles. The Morgan fingerprint density at radius 1 is 1.14 bits per heavy atom. The molecule has 0 atom stereocenters. The summed E-state index contributed by atoms with van der Waals surface area (Å²) in [4.78, 5) is 28.3. The Labute approximate surface area is 131 Å². The van der Waals surface area contributed by atoms with Crippen molar-refractivity contribution in [3.05, 3.63) is 22.3 Å². The SMILES string of the molecule is CCOC(=O)C(C(=O)OCC)c1cc(Br)cnc1OCC. The third-order valence-corrected chi connectivity index (χ3v) is 2.92. The molecular weight excluding hydrogens is 342 g/mol. The largest absolute Gasteiger partial charge is 0.478 e. The number of nitrogens with zero attached hydrogens (tertiary/aromatic N) is 1. The van der Waals surface area contributed by atoms with Crippen LogP contribution in [0.1, 0.15) is 32.3 Å². The molecule has 1 rings (SSSR count). The number of ether oxygens (including phenoxy) is 3. The fourth-order valence-corrected chi connectivity index (χ4v) is 2.06. The first-order chi connectivity index (χ1) is 10.0. The van der Waals surface area contributed by atoms with E-state index in [4.69, 9.17) is 14.2 Å². The van der Waals surface area contributed by atoms with Crippen LogP contribution in [0.25, 0.3) is 0 Å². The van der Waals surface area contributed by atoms with Crippen molar-refractivity contribution >= 4 is 27.9 Å². The number of carbonyl (C=O) groups excluding carboxylic acids is 2. The van der Waals surface area contributed by atoms with Gasteiger partial charge in [-0.1, -0.05) is 0 Å². The van der Waals surface area contributed by atoms with Gasteiger partial charge in [0.05, 0.1) is 19.8 Å². The Morgan fingerprint density at radius 2 is 1.71 bits per heavy atom. The molecule has 0 spiro atoms. The van der Waals surface area contributed by atoms with E-state index in [0.29, 0.717) is 16.6 Å². The number of carbonyl (C=O) groups is 2. The van der Waals surface area contributed by atoms with Crippen LogP contribution >= 0.6 is 15.9 Å². The topological polar surface area (TPSA) is 74.7 Å². The second-order valence-corrected chi connectivity index (χ2v) is 4.83. The normalized spacial score (nSPS) is 10.3. The maximum atomic E-state index is 12.1. The van der Waals surface area contributed by atoms with E-state index in [0.717, 1.165) is 0 Å². The maximum Gasteiger partial charge on any atom is 0.325 e. The van der Waals surface area contributed by atoms with E-state index in [2.05, 4.69) is 20.9 Å². The quantitative estimate of drug-likeness (QED) is 0.549. The van der Waals surface area contributed by atoms with Crippen LogP contribution in [0.4, 0.5) is 0 Å². The molecule has 0 saturated heterocycles. The first-order valence-electron chi connectivity index (χ1n) is 6.66. The van der Waals surface area contributed by atoms with Gasteiger partial charge in [0.25, 0.3) is 0 Å². The van der Waals surface area contributed by atoms with E-state index in [1.54, 1.807) is 26.8 Å². The van der Waals surface area contributed by atoms with Gasteiger partial charge in [-0.2, -0.15) is 0 Å². The molecule has 0 radical (unpaired) electrons. The number of pyridine rings is 1. The van der Waals surface area contributed by atoms with E-state index in [1.807, 2.05) is 0 Å². The molecule has 0 bridgehead atoms. The molecule has 21 heavy (non-hydrogen) atoms. The molecule has 0 N–H and O–H groups in total. The first kappa shape index (κ1) is 17.4. The second-order valence-electron chi connectivity index (χ2n) is 3.92. The molecule has 0 aromatic carbocycles. The molecule has 0 amide bonds. The van der Waals surface area contributed by atoms with Gasteiger partial charge in [-0.3, -0.25) is 9.59 Å². The summed E-state index contributed by atoms with van der Waals surface area (Å²) in [5.74, 6) is -2.36. The van der Waals surface area contributed by atoms with Crippen LogP contribution in [0.15, 0.2) is 16.7 Å². The average Bonchev–Trinajstić information content (AvgIpc) is 2.43. The summed E-state index contributed by atoms with van der Waals surface area (Å²) in [6.07, 6.45) is 1.53. The Bertz CT molecular complexity index is 488. The van der Waals surface area contributed by atoms with Crippen molar-refractivity contribution in [3.8, 4) is 5.88 Å². The van der Waals surface area contributed by atoms with Crippen LogP contribution < -0.4 is 4.74 Å². The molecule has 116 valence electrons. The summed E-state index contributed by atoms with van der Waals surface area (Å²) in [5, 5.41) is 0. The zero-order valence-corrected chi connectivity index (χ0v) is 13.8. The monoisotopic (exact) mass is 359 g/mol. The molecule has 1 aromatic rings. The highest BCUT2D eigenvalue weighted by Gasteiger charge is 2.34. The summed E-state index contributed by atoms with van der Waals surface area (Å²) in [6.45, 7) is 5.82. The Hall–Kier alpha value is -1.63. The van der Waals surface area contributed by atoms with E-state index in [9.17, 15) is 9.59 Å². The highest BCUT2D eigenvalue weighted by atomic mass is 79.9. The Balaban J connectivity index is 3.26. The van der Waals surface area contributed by atoms with Gasteiger partial charge >= 0.3 is 11.9 Å². The van der Waals surface area contributed by atoms with Gasteiger partial charge in [-0.15, -0.1) is 0 Å². The summed E-state index contributed by atoms with van der Waals surface area (Å²) >= 11 is 3.27. The van der Waals surface area contributed by atoms with Crippen molar-refractivity contribution in [3.63, 3.8) is 0 Å². The third-order valence-electron chi connectivity index (χ3n) is 2.48. The number of hydrogen-bond acceptors (Lipinski definition) is 6. The predicted octanol–water partition coefficient (Wildman–Crippen LogP) is 2.45. The molecule has 0 aliphatic rings. The van der Waals surface area contributed by atoms with Gasteiger partial charge in [0.15, 0.2) is 5.92 Å². The zero-order valence-electron chi connectivity index (χ0n) is 12.2. The highest BCUT2D eigenvalue weighted by molar-refractivity contribution is 9.10. The Morgan fingerprint density at radius 3 is 2.19 bits per heavy atom. The molecule has 7 heteroatoms. The van der Waals surface area contributed by atoms with Crippen molar-refractivity contribution in [2.45, 2.75) is 26.7 Å². The average molecular weight is 360 g/mol. The maximum absolute atomic E-state index is 12.1. The molecule has 0 fully saturated rings. The minimum atomic E-state index is -1.21. The number of rotatable bonds is 7. The van der Waals surface area contributed by atoms with Crippen LogP contribution in [-0.2, 0) is 19.1 Å². The van der Waals surface area contributed by atoms with Crippen LogP contribution in [0.2, 0.25) is 0 Å². The molecule has 6 nitrogen and oxygen atoms in total. The first-order valence-corrected chi connectivity index (χ1v) is 7.45. The summed E-state index contributed by atoms with van der Waals surface area (Å²) in [5.41, 5.74) is 0.322. The lowest BCUT2D eigenvalue weighted by Gasteiger charge is -2.17. The summed E-state index contributed by atoms with van der Waals surface area (Å²) in [6, 6.07) is 1.61. The smallest absolute Gasteiger partial charge is 0.325 e. The lowest BCUT2D eigenvalue weighted by atomic mass is 10.0. The zero-order chi connectivity index (χ0) is 15.8. The van der Waals surface area contributed by atoms with E-state index >= 15 is 0 Å². The van der Waals surface area contributed by atoms with Crippen molar-refractivity contribution in [1.82, 2.24) is 4.98 Å². The Kier molecular flexibility index (Phi) is 7.14. The molecule has 0 saturated carbocycles. The number of esters is 2. The van der Waals surface area contributed by atoms with E-state index in [1.165, 1.54) is 6.20 Å². The molecule has 1 heterocycles. The predicted molar refractivity (Wildman–Crippen MR) is 79.1 cm³/mol. The lowest BCUT2D eigenvalue weighted by molar-refractivity contribution is -0.157. The molecule has 0 unspecified atom stereocenters. The minimum Gasteiger partial charge on any atom is -0.478 e. The summed E-state index contributed by atoms with van der Waals surface area (Å²) in [7, 11) is 0. The van der Waals surface area contributed by atoms with Gasteiger partial charge in [-0.25, -0.2) is 4.98 Å². The lowest BCUT2D eigenvalue weighted by Crippen LogP contribution is -2.27. The number of halogens is 1. The van der Waals surface area contributed by atoms with Crippen LogP contribution in [0.5, 0.6) is 5.88 Å². The van der Waals surface area contributed by atoms with Crippen LogP contribution in [0.3, 0.4) is 0 Å². The van der Waals surface area contributed by atoms with Gasteiger partial charge in [0, 0.05) is 16.2 Å². The molecule has 0 aliphatic heterocycles. The van der Waals surface area contributed by atoms with Crippen molar-refractivity contribution in [2.75, 3.05) is 19.8 Å². The van der Waals surface area contributed by atoms with Crippen LogP contribution in [0, 0.1) is 0 Å². The van der Waals surface area contributed by atoms with Gasteiger partial charge in [0.1, 0.15) is 0 Å². The minimum absolute atomic E-state index is 0.167. The third kappa shape index (κ3) is 4.70. The highest BCUT2D eigenvalue weighted by Crippen LogP contribution is 2.30. The second kappa shape index (κ2) is 8.61. The standard InChI is InChI=1S/C14H18BrNO5/c1-4-19-12-10(7-9(15)8-16-12)11(13(17)20-5-2)14(18)21-6-3/h7-8,11H,4-6H2,1-3H3. The van der Waals surface area contributed by atoms with Crippen molar-refractivity contribution in [2.24, 2.45) is 0 Å². The van der Waals surface area contributed by atoms with Crippen molar-refractivity contribution < 1.29 is 23.8 Å². The van der Waals surface area contributed by atoms with Gasteiger partial charge in [-0.05, 0) is 42.8 Å². The van der Waals surface area contributed by atoms with Crippen LogP contribution in [-0.4, -0.2) is 36.7 Å². The van der Waals surface area contributed by atoms with E-state index in [-0.39, 0.29) is 19.1 Å². The van der Waals surface area contributed by atoms with E-state index < -0.39 is 17.9 Å². The van der Waals surface area contributed by atoms with Gasteiger partial charge < -0.3 is 14.2 Å². The number of aromatic nitrogens is 1.